The van der Waals surface area contributed by atoms with Crippen molar-refractivity contribution in [3.8, 4) is 0 Å². The molecule has 0 aromatic rings. The van der Waals surface area contributed by atoms with E-state index in [1.807, 2.05) is 0 Å². The summed E-state index contributed by atoms with van der Waals surface area (Å²) in [7, 11) is 0. The van der Waals surface area contributed by atoms with Crippen molar-refractivity contribution < 1.29 is 39.3 Å². The topological polar surface area (TPSA) is 259 Å². The second-order valence-electron chi connectivity index (χ2n) is 7.88. The Bertz CT molecular complexity index is 779. The number of guanidine groups is 1. The Morgan fingerprint density at radius 1 is 1.06 bits per heavy atom. The monoisotopic (exact) mass is 487 g/mol. The lowest BCUT2D eigenvalue weighted by atomic mass is 10.1. The number of amides is 3. The quantitative estimate of drug-likeness (QED) is 0.0651. The lowest BCUT2D eigenvalue weighted by Crippen LogP contribution is -2.60. The molecule has 0 saturated carbocycles. The highest BCUT2D eigenvalue weighted by Gasteiger charge is 2.34. The van der Waals surface area contributed by atoms with E-state index < -0.39 is 66.4 Å². The Balaban J connectivity index is 2.84. The summed E-state index contributed by atoms with van der Waals surface area (Å²) in [6, 6.07) is -5.06. The Morgan fingerprint density at radius 3 is 2.24 bits per heavy atom. The minimum Gasteiger partial charge on any atom is -0.481 e. The maximum atomic E-state index is 12.7. The van der Waals surface area contributed by atoms with Crippen molar-refractivity contribution in [1.82, 2.24) is 21.3 Å². The van der Waals surface area contributed by atoms with Crippen molar-refractivity contribution in [2.75, 3.05) is 13.1 Å². The zero-order valence-corrected chi connectivity index (χ0v) is 18.8. The number of carboxylic acids is 2. The van der Waals surface area contributed by atoms with Gasteiger partial charge in [-0.15, -0.1) is 0 Å². The SMILES string of the molecule is CC(O)C(NC(=O)C(CC(=O)O)NC(=O)C1CCCN1)C(=O)NC(CCCN=C(N)N)C(=O)O. The van der Waals surface area contributed by atoms with Crippen molar-refractivity contribution in [3.05, 3.63) is 0 Å². The Morgan fingerprint density at radius 2 is 1.74 bits per heavy atom. The van der Waals surface area contributed by atoms with Crippen molar-refractivity contribution in [3.63, 3.8) is 0 Å². The van der Waals surface area contributed by atoms with Gasteiger partial charge in [0.05, 0.1) is 18.6 Å². The number of hydrogen-bond donors (Lipinski definition) is 9. The van der Waals surface area contributed by atoms with Crippen LogP contribution in [0.5, 0.6) is 0 Å². The normalized spacial score (nSPS) is 18.6. The van der Waals surface area contributed by atoms with E-state index in [4.69, 9.17) is 16.6 Å². The van der Waals surface area contributed by atoms with Gasteiger partial charge in [-0.2, -0.15) is 0 Å². The summed E-state index contributed by atoms with van der Waals surface area (Å²) >= 11 is 0. The van der Waals surface area contributed by atoms with Gasteiger partial charge in [0.2, 0.25) is 17.7 Å². The summed E-state index contributed by atoms with van der Waals surface area (Å²) in [5, 5.41) is 38.1. The number of aliphatic carboxylic acids is 2. The summed E-state index contributed by atoms with van der Waals surface area (Å²) in [5.41, 5.74) is 10.4. The molecule has 192 valence electrons. The van der Waals surface area contributed by atoms with Gasteiger partial charge in [0.25, 0.3) is 0 Å². The summed E-state index contributed by atoms with van der Waals surface area (Å²) in [4.78, 5) is 64.0. The van der Waals surface area contributed by atoms with Crippen LogP contribution in [-0.2, 0) is 24.0 Å². The number of carbonyl (C=O) groups excluding carboxylic acids is 3. The van der Waals surface area contributed by atoms with Crippen molar-refractivity contribution in [2.45, 2.75) is 69.3 Å². The fraction of sp³-hybridized carbons (Fsp3) is 0.684. The van der Waals surface area contributed by atoms with Gasteiger partial charge >= 0.3 is 11.9 Å². The van der Waals surface area contributed by atoms with Crippen molar-refractivity contribution in [1.29, 1.82) is 0 Å². The summed E-state index contributed by atoms with van der Waals surface area (Å²) in [6.45, 7) is 1.92. The molecule has 0 aromatic heterocycles. The Kier molecular flexibility index (Phi) is 11.7. The predicted octanol–water partition coefficient (Wildman–Crippen LogP) is -3.81. The number of aliphatic imine (C=N–C) groups is 1. The molecule has 1 aliphatic heterocycles. The smallest absolute Gasteiger partial charge is 0.326 e. The van der Waals surface area contributed by atoms with E-state index in [-0.39, 0.29) is 25.3 Å². The molecule has 0 spiro atoms. The summed E-state index contributed by atoms with van der Waals surface area (Å²) in [6.07, 6.45) is -0.771. The molecule has 3 amide bonds. The number of aliphatic hydroxyl groups is 1. The number of aliphatic hydroxyl groups excluding tert-OH is 1. The van der Waals surface area contributed by atoms with Crippen LogP contribution in [0.4, 0.5) is 0 Å². The second-order valence-corrected chi connectivity index (χ2v) is 7.88. The lowest BCUT2D eigenvalue weighted by Gasteiger charge is -2.26. The first-order valence-electron chi connectivity index (χ1n) is 10.7. The van der Waals surface area contributed by atoms with E-state index in [1.165, 1.54) is 6.92 Å². The van der Waals surface area contributed by atoms with Gasteiger partial charge in [-0.1, -0.05) is 0 Å². The first kappa shape index (κ1) is 28.6. The number of rotatable bonds is 14. The molecule has 1 heterocycles. The third-order valence-electron chi connectivity index (χ3n) is 5.01. The fourth-order valence-electron chi connectivity index (χ4n) is 3.25. The number of nitrogens with two attached hydrogens (primary N) is 2. The maximum absolute atomic E-state index is 12.7. The van der Waals surface area contributed by atoms with E-state index in [9.17, 15) is 34.2 Å². The third-order valence-corrected chi connectivity index (χ3v) is 5.01. The number of nitrogens with one attached hydrogen (secondary N) is 4. The Hall–Kier alpha value is -3.46. The van der Waals surface area contributed by atoms with E-state index in [0.717, 1.165) is 6.42 Å². The van der Waals surface area contributed by atoms with Gasteiger partial charge < -0.3 is 48.1 Å². The van der Waals surface area contributed by atoms with Crippen LogP contribution < -0.4 is 32.7 Å². The molecule has 15 nitrogen and oxygen atoms in total. The molecule has 15 heteroatoms. The first-order valence-corrected chi connectivity index (χ1v) is 10.7. The maximum Gasteiger partial charge on any atom is 0.326 e. The zero-order chi connectivity index (χ0) is 25.8. The van der Waals surface area contributed by atoms with E-state index >= 15 is 0 Å². The van der Waals surface area contributed by atoms with Crippen LogP contribution in [0.15, 0.2) is 4.99 Å². The highest BCUT2D eigenvalue weighted by Crippen LogP contribution is 2.07. The molecule has 1 saturated heterocycles. The molecule has 0 aromatic carbocycles. The highest BCUT2D eigenvalue weighted by molar-refractivity contribution is 5.95. The molecule has 11 N–H and O–H groups in total. The molecule has 0 radical (unpaired) electrons. The molecule has 34 heavy (non-hydrogen) atoms. The standard InChI is InChI=1S/C19H33N7O8/c1-9(27)14(17(32)24-11(18(33)34)5-3-7-23-19(20)21)26-16(31)12(8-13(28)29)25-15(30)10-4-2-6-22-10/h9-12,14,22,27H,2-8H2,1H3,(H,24,32)(H,25,30)(H,26,31)(H,28,29)(H,33,34)(H4,20,21,23). The molecular weight excluding hydrogens is 454 g/mol. The van der Waals surface area contributed by atoms with Crippen LogP contribution in [0.25, 0.3) is 0 Å². The average molecular weight is 488 g/mol. The van der Waals surface area contributed by atoms with Crippen LogP contribution in [0.3, 0.4) is 0 Å². The van der Waals surface area contributed by atoms with Crippen molar-refractivity contribution in [2.24, 2.45) is 16.5 Å². The number of carboxylic acid groups (broad SMARTS) is 2. The minimum atomic E-state index is -1.61. The van der Waals surface area contributed by atoms with Gasteiger partial charge in [0.15, 0.2) is 5.96 Å². The fourth-order valence-corrected chi connectivity index (χ4v) is 3.25. The van der Waals surface area contributed by atoms with Gasteiger partial charge in [-0.05, 0) is 39.2 Å². The lowest BCUT2D eigenvalue weighted by molar-refractivity contribution is -0.144. The molecule has 1 fully saturated rings. The molecule has 1 aliphatic rings. The van der Waals surface area contributed by atoms with Crippen molar-refractivity contribution >= 4 is 35.6 Å². The summed E-state index contributed by atoms with van der Waals surface area (Å²) in [5.74, 6) is -5.48. The van der Waals surface area contributed by atoms with Crippen LogP contribution >= 0.6 is 0 Å². The molecule has 5 atom stereocenters. The predicted molar refractivity (Wildman–Crippen MR) is 118 cm³/mol. The number of carbonyl (C=O) groups is 5. The molecular formula is C19H33N7O8. The zero-order valence-electron chi connectivity index (χ0n) is 18.8. The van der Waals surface area contributed by atoms with Crippen LogP contribution in [0.2, 0.25) is 0 Å². The molecule has 0 aliphatic carbocycles. The highest BCUT2D eigenvalue weighted by atomic mass is 16.4. The van der Waals surface area contributed by atoms with Gasteiger partial charge in [0, 0.05) is 6.54 Å². The molecule has 0 bridgehead atoms. The van der Waals surface area contributed by atoms with Gasteiger partial charge in [-0.25, -0.2) is 4.79 Å². The first-order chi connectivity index (χ1) is 15.9. The van der Waals surface area contributed by atoms with Crippen LogP contribution in [0.1, 0.15) is 39.0 Å². The Labute approximate surface area is 195 Å². The molecule has 5 unspecified atom stereocenters. The van der Waals surface area contributed by atoms with Crippen LogP contribution in [0, 0.1) is 0 Å². The van der Waals surface area contributed by atoms with Crippen LogP contribution in [-0.4, -0.2) is 94.3 Å². The minimum absolute atomic E-state index is 0.0373. The number of hydrogen-bond acceptors (Lipinski definition) is 8. The second kappa shape index (κ2) is 13.9. The average Bonchev–Trinajstić information content (AvgIpc) is 3.27. The number of nitrogens with zero attached hydrogens (tertiary/aromatic N) is 1. The summed E-state index contributed by atoms with van der Waals surface area (Å²) < 4.78 is 0. The van der Waals surface area contributed by atoms with E-state index in [2.05, 4.69) is 26.3 Å². The largest absolute Gasteiger partial charge is 0.481 e. The van der Waals surface area contributed by atoms with Gasteiger partial charge in [-0.3, -0.25) is 24.2 Å². The third kappa shape index (κ3) is 9.99. The molecule has 1 rings (SSSR count). The van der Waals surface area contributed by atoms with Gasteiger partial charge in [0.1, 0.15) is 18.1 Å². The van der Waals surface area contributed by atoms with E-state index in [1.54, 1.807) is 0 Å². The van der Waals surface area contributed by atoms with E-state index in [0.29, 0.717) is 13.0 Å².